The second kappa shape index (κ2) is 6.58. The van der Waals surface area contributed by atoms with Crippen molar-refractivity contribution in [2.24, 2.45) is 0 Å². The van der Waals surface area contributed by atoms with Gasteiger partial charge in [0.25, 0.3) is 0 Å². The van der Waals surface area contributed by atoms with Gasteiger partial charge in [0.05, 0.1) is 18.4 Å². The van der Waals surface area contributed by atoms with E-state index in [0.717, 1.165) is 53.3 Å². The molecule has 1 aliphatic rings. The Hall–Kier alpha value is -2.45. The van der Waals surface area contributed by atoms with Crippen molar-refractivity contribution in [2.75, 3.05) is 38.2 Å². The third-order valence-corrected chi connectivity index (χ3v) is 5.00. The first kappa shape index (κ1) is 15.1. The van der Waals surface area contributed by atoms with E-state index >= 15 is 0 Å². The normalized spacial score (nSPS) is 14.8. The molecule has 1 fully saturated rings. The van der Waals surface area contributed by atoms with Crippen LogP contribution in [0.15, 0.2) is 36.7 Å². The van der Waals surface area contributed by atoms with Crippen LogP contribution in [0, 0.1) is 0 Å². The Morgan fingerprint density at radius 3 is 2.83 bits per heavy atom. The van der Waals surface area contributed by atoms with Crippen LogP contribution in [0.1, 0.15) is 0 Å². The van der Waals surface area contributed by atoms with Crippen molar-refractivity contribution in [1.82, 2.24) is 25.3 Å². The van der Waals surface area contributed by atoms with Gasteiger partial charge < -0.3 is 15.0 Å². The van der Waals surface area contributed by atoms with Crippen LogP contribution < -0.4 is 15.0 Å². The first-order valence-corrected chi connectivity index (χ1v) is 8.64. The number of hydrogen-bond acceptors (Lipinski definition) is 7. The fourth-order valence-corrected chi connectivity index (χ4v) is 3.66. The molecule has 0 bridgehead atoms. The van der Waals surface area contributed by atoms with Gasteiger partial charge in [0.15, 0.2) is 5.01 Å². The Bertz CT molecular complexity index is 810. The van der Waals surface area contributed by atoms with E-state index < -0.39 is 0 Å². The van der Waals surface area contributed by atoms with Gasteiger partial charge in [0.2, 0.25) is 5.13 Å². The summed E-state index contributed by atoms with van der Waals surface area (Å²) in [6.45, 7) is 3.89. The highest BCUT2D eigenvalue weighted by Gasteiger charge is 2.18. The number of nitrogens with one attached hydrogen (secondary N) is 1. The quantitative estimate of drug-likeness (QED) is 0.780. The average molecular weight is 342 g/mol. The highest BCUT2D eigenvalue weighted by Crippen LogP contribution is 2.35. The van der Waals surface area contributed by atoms with Crippen LogP contribution >= 0.6 is 11.3 Å². The van der Waals surface area contributed by atoms with E-state index in [4.69, 9.17) is 4.74 Å². The van der Waals surface area contributed by atoms with Crippen molar-refractivity contribution in [2.45, 2.75) is 0 Å². The molecule has 3 heterocycles. The van der Waals surface area contributed by atoms with Crippen LogP contribution in [0.2, 0.25) is 0 Å². The largest absolute Gasteiger partial charge is 0.496 e. The number of nitrogens with zero attached hydrogens (tertiary/aromatic N) is 5. The smallest absolute Gasteiger partial charge is 0.208 e. The van der Waals surface area contributed by atoms with Gasteiger partial charge in [0.1, 0.15) is 5.75 Å². The minimum absolute atomic E-state index is 0.769. The van der Waals surface area contributed by atoms with Crippen LogP contribution in [0.5, 0.6) is 5.75 Å². The maximum atomic E-state index is 5.57. The molecule has 1 N–H and O–H groups in total. The third kappa shape index (κ3) is 2.85. The molecule has 7 nitrogen and oxygen atoms in total. The summed E-state index contributed by atoms with van der Waals surface area (Å²) >= 11 is 1.60. The molecule has 0 amide bonds. The molecule has 0 saturated carbocycles. The molecule has 0 spiro atoms. The first-order valence-electron chi connectivity index (χ1n) is 7.83. The third-order valence-electron chi connectivity index (χ3n) is 3.99. The molecule has 1 aliphatic heterocycles. The van der Waals surface area contributed by atoms with Gasteiger partial charge in [0, 0.05) is 44.6 Å². The predicted octanol–water partition coefficient (Wildman–Crippen LogP) is 1.81. The summed E-state index contributed by atoms with van der Waals surface area (Å²) in [5.41, 5.74) is 1.90. The summed E-state index contributed by atoms with van der Waals surface area (Å²) in [5, 5.41) is 18.2. The number of ether oxygens (including phenoxy) is 1. The molecule has 2 aromatic heterocycles. The molecule has 0 unspecified atom stereocenters. The molecule has 0 atom stereocenters. The van der Waals surface area contributed by atoms with Gasteiger partial charge in [-0.2, -0.15) is 5.10 Å². The van der Waals surface area contributed by atoms with Crippen LogP contribution in [0.3, 0.4) is 0 Å². The van der Waals surface area contributed by atoms with Crippen molar-refractivity contribution in [3.8, 4) is 22.0 Å². The van der Waals surface area contributed by atoms with Crippen LogP contribution in [0.25, 0.3) is 16.3 Å². The zero-order chi connectivity index (χ0) is 16.4. The summed E-state index contributed by atoms with van der Waals surface area (Å²) in [6.07, 6.45) is 3.66. The number of rotatable bonds is 4. The molecular weight excluding hydrogens is 324 g/mol. The van der Waals surface area contributed by atoms with E-state index in [2.05, 4.69) is 25.5 Å². The number of methoxy groups -OCH3 is 1. The summed E-state index contributed by atoms with van der Waals surface area (Å²) in [4.78, 5) is 2.27. The Labute approximate surface area is 143 Å². The highest BCUT2D eigenvalue weighted by atomic mass is 32.1. The van der Waals surface area contributed by atoms with E-state index in [1.165, 1.54) is 0 Å². The first-order chi connectivity index (χ1) is 11.8. The monoisotopic (exact) mass is 342 g/mol. The zero-order valence-corrected chi connectivity index (χ0v) is 14.2. The van der Waals surface area contributed by atoms with Gasteiger partial charge in [-0.25, -0.2) is 4.68 Å². The molecule has 0 radical (unpaired) electrons. The van der Waals surface area contributed by atoms with Crippen LogP contribution in [-0.2, 0) is 0 Å². The minimum atomic E-state index is 0.769. The van der Waals surface area contributed by atoms with Gasteiger partial charge in [-0.3, -0.25) is 0 Å². The number of anilines is 1. The van der Waals surface area contributed by atoms with Gasteiger partial charge in [-0.15, -0.1) is 10.2 Å². The molecule has 4 rings (SSSR count). The van der Waals surface area contributed by atoms with Crippen molar-refractivity contribution >= 4 is 16.5 Å². The lowest BCUT2D eigenvalue weighted by Gasteiger charge is -2.26. The van der Waals surface area contributed by atoms with E-state index in [-0.39, 0.29) is 0 Å². The molecule has 8 heteroatoms. The van der Waals surface area contributed by atoms with Crippen molar-refractivity contribution in [1.29, 1.82) is 0 Å². The lowest BCUT2D eigenvalue weighted by molar-refractivity contribution is 0.416. The fourth-order valence-electron chi connectivity index (χ4n) is 2.73. The molecule has 3 aromatic rings. The zero-order valence-electron chi connectivity index (χ0n) is 13.3. The molecule has 1 aromatic carbocycles. The summed E-state index contributed by atoms with van der Waals surface area (Å²) in [7, 11) is 1.67. The van der Waals surface area contributed by atoms with Crippen molar-refractivity contribution in [3.05, 3.63) is 36.7 Å². The van der Waals surface area contributed by atoms with Gasteiger partial charge in [-0.1, -0.05) is 11.3 Å². The Morgan fingerprint density at radius 2 is 2.08 bits per heavy atom. The van der Waals surface area contributed by atoms with Gasteiger partial charge >= 0.3 is 0 Å². The molecule has 124 valence electrons. The Kier molecular flexibility index (Phi) is 4.14. The average Bonchev–Trinajstić information content (AvgIpc) is 3.34. The number of piperazine rings is 1. The van der Waals surface area contributed by atoms with E-state index in [1.54, 1.807) is 29.3 Å². The molecule has 0 aliphatic carbocycles. The predicted molar refractivity (Wildman–Crippen MR) is 94.1 cm³/mol. The molecule has 24 heavy (non-hydrogen) atoms. The van der Waals surface area contributed by atoms with Gasteiger partial charge in [-0.05, 0) is 18.2 Å². The van der Waals surface area contributed by atoms with Crippen LogP contribution in [0.4, 0.5) is 5.13 Å². The summed E-state index contributed by atoms with van der Waals surface area (Å²) in [6, 6.07) is 7.88. The van der Waals surface area contributed by atoms with E-state index in [0.29, 0.717) is 0 Å². The standard InChI is InChI=1S/C16H18N6OS/c1-23-14-11-12(22-8-2-5-18-22)3-4-13(14)15-19-20-16(24-15)21-9-6-17-7-10-21/h2-5,8,11,17H,6-7,9-10H2,1H3. The number of hydrogen-bond donors (Lipinski definition) is 1. The second-order valence-electron chi connectivity index (χ2n) is 5.46. The van der Waals surface area contributed by atoms with Crippen molar-refractivity contribution < 1.29 is 4.74 Å². The topological polar surface area (TPSA) is 68.1 Å². The van der Waals surface area contributed by atoms with Crippen LogP contribution in [-0.4, -0.2) is 53.3 Å². The summed E-state index contributed by atoms with van der Waals surface area (Å²) < 4.78 is 7.37. The fraction of sp³-hybridized carbons (Fsp3) is 0.312. The van der Waals surface area contributed by atoms with E-state index in [1.807, 2.05) is 30.5 Å². The maximum Gasteiger partial charge on any atom is 0.208 e. The maximum absolute atomic E-state index is 5.57. The Morgan fingerprint density at radius 1 is 1.21 bits per heavy atom. The lowest BCUT2D eigenvalue weighted by Crippen LogP contribution is -2.43. The van der Waals surface area contributed by atoms with Crippen molar-refractivity contribution in [3.63, 3.8) is 0 Å². The molecular formula is C16H18N6OS. The number of aromatic nitrogens is 4. The van der Waals surface area contributed by atoms with E-state index in [9.17, 15) is 0 Å². The summed E-state index contributed by atoms with van der Waals surface area (Å²) in [5.74, 6) is 0.769. The molecule has 1 saturated heterocycles. The second-order valence-corrected chi connectivity index (χ2v) is 6.42. The number of benzene rings is 1. The minimum Gasteiger partial charge on any atom is -0.496 e. The lowest BCUT2D eigenvalue weighted by atomic mass is 10.2. The Balaban J connectivity index is 1.65. The SMILES string of the molecule is COc1cc(-n2cccn2)ccc1-c1nnc(N2CCNCC2)s1. The highest BCUT2D eigenvalue weighted by molar-refractivity contribution is 7.18.